The maximum Gasteiger partial charge on any atom is 0.326 e. The van der Waals surface area contributed by atoms with Gasteiger partial charge in [-0.2, -0.15) is 0 Å². The highest BCUT2D eigenvalue weighted by Gasteiger charge is 2.27. The number of amides is 1. The van der Waals surface area contributed by atoms with Crippen molar-refractivity contribution in [3.05, 3.63) is 0 Å². The highest BCUT2D eigenvalue weighted by Crippen LogP contribution is 2.08. The molecule has 0 saturated carbocycles. The lowest BCUT2D eigenvalue weighted by molar-refractivity contribution is -0.143. The van der Waals surface area contributed by atoms with Gasteiger partial charge in [0.2, 0.25) is 5.91 Å². The van der Waals surface area contributed by atoms with Crippen molar-refractivity contribution < 1.29 is 14.7 Å². The van der Waals surface area contributed by atoms with Crippen molar-refractivity contribution in [1.29, 1.82) is 0 Å². The van der Waals surface area contributed by atoms with Gasteiger partial charge in [0, 0.05) is 0 Å². The molecule has 92 valence electrons. The third-order valence-electron chi connectivity index (χ3n) is 2.86. The van der Waals surface area contributed by atoms with Crippen molar-refractivity contribution >= 4 is 11.9 Å². The summed E-state index contributed by atoms with van der Waals surface area (Å²) >= 11 is 0. The fourth-order valence-electron chi connectivity index (χ4n) is 1.84. The second kappa shape index (κ2) is 5.84. The monoisotopic (exact) mass is 228 g/mol. The summed E-state index contributed by atoms with van der Waals surface area (Å²) in [4.78, 5) is 22.7. The lowest BCUT2D eigenvalue weighted by atomic mass is 10.0. The van der Waals surface area contributed by atoms with E-state index < -0.39 is 12.0 Å². The molecule has 16 heavy (non-hydrogen) atoms. The maximum absolute atomic E-state index is 11.8. The number of carbonyl (C=O) groups excluding carboxylic acids is 1. The van der Waals surface area contributed by atoms with Crippen LogP contribution in [0.2, 0.25) is 0 Å². The van der Waals surface area contributed by atoms with E-state index in [-0.39, 0.29) is 17.9 Å². The van der Waals surface area contributed by atoms with Crippen molar-refractivity contribution in [3.8, 4) is 0 Å². The predicted octanol–water partition coefficient (Wildman–Crippen LogP) is 0.354. The molecule has 5 heteroatoms. The first-order valence-electron chi connectivity index (χ1n) is 5.79. The van der Waals surface area contributed by atoms with E-state index in [4.69, 9.17) is 5.11 Å². The molecule has 0 aliphatic carbocycles. The molecule has 1 amide bonds. The van der Waals surface area contributed by atoms with Gasteiger partial charge < -0.3 is 15.7 Å². The summed E-state index contributed by atoms with van der Waals surface area (Å²) in [6.07, 6.45) is 2.89. The molecule has 0 spiro atoms. The zero-order chi connectivity index (χ0) is 12.1. The lowest BCUT2D eigenvalue weighted by Gasteiger charge is -2.25. The number of hydrogen-bond donors (Lipinski definition) is 3. The summed E-state index contributed by atoms with van der Waals surface area (Å²) in [5, 5.41) is 14.6. The van der Waals surface area contributed by atoms with Gasteiger partial charge >= 0.3 is 5.97 Å². The first-order valence-corrected chi connectivity index (χ1v) is 5.79. The van der Waals surface area contributed by atoms with Crippen LogP contribution in [0, 0.1) is 5.92 Å². The molecular formula is C11H20N2O3. The minimum absolute atomic E-state index is 0.106. The van der Waals surface area contributed by atoms with E-state index in [9.17, 15) is 9.59 Å². The lowest BCUT2D eigenvalue weighted by Crippen LogP contribution is -2.53. The van der Waals surface area contributed by atoms with Gasteiger partial charge in [-0.05, 0) is 25.3 Å². The number of aliphatic carboxylic acids is 1. The van der Waals surface area contributed by atoms with Crippen LogP contribution in [0.15, 0.2) is 0 Å². The first-order chi connectivity index (χ1) is 7.52. The average Bonchev–Trinajstić information content (AvgIpc) is 2.25. The van der Waals surface area contributed by atoms with Crippen molar-refractivity contribution in [2.24, 2.45) is 5.92 Å². The van der Waals surface area contributed by atoms with Gasteiger partial charge in [-0.15, -0.1) is 0 Å². The maximum atomic E-state index is 11.8. The number of carbonyl (C=O) groups is 2. The molecule has 0 radical (unpaired) electrons. The van der Waals surface area contributed by atoms with Crippen LogP contribution in [0.4, 0.5) is 0 Å². The van der Waals surface area contributed by atoms with E-state index in [0.29, 0.717) is 0 Å². The van der Waals surface area contributed by atoms with Crippen LogP contribution in [0.25, 0.3) is 0 Å². The molecule has 3 N–H and O–H groups in total. The third kappa shape index (κ3) is 3.48. The highest BCUT2D eigenvalue weighted by molar-refractivity contribution is 5.87. The second-order valence-corrected chi connectivity index (χ2v) is 4.57. The molecule has 1 fully saturated rings. The Morgan fingerprint density at radius 1 is 1.38 bits per heavy atom. The predicted molar refractivity (Wildman–Crippen MR) is 60.0 cm³/mol. The molecule has 1 aliphatic rings. The summed E-state index contributed by atoms with van der Waals surface area (Å²) < 4.78 is 0. The summed E-state index contributed by atoms with van der Waals surface area (Å²) in [7, 11) is 0. The van der Waals surface area contributed by atoms with Crippen LogP contribution in [0.1, 0.15) is 33.1 Å². The molecule has 0 aromatic heterocycles. The van der Waals surface area contributed by atoms with Gasteiger partial charge in [-0.25, -0.2) is 4.79 Å². The summed E-state index contributed by atoms with van der Waals surface area (Å²) in [6, 6.07) is -1.02. The van der Waals surface area contributed by atoms with E-state index in [1.807, 2.05) is 0 Å². The molecule has 1 aliphatic heterocycles. The van der Waals surface area contributed by atoms with Crippen molar-refractivity contribution in [1.82, 2.24) is 10.6 Å². The molecule has 0 aromatic rings. The zero-order valence-electron chi connectivity index (χ0n) is 9.82. The molecule has 1 rings (SSSR count). The quantitative estimate of drug-likeness (QED) is 0.649. The Morgan fingerprint density at radius 2 is 2.06 bits per heavy atom. The van der Waals surface area contributed by atoms with Crippen LogP contribution < -0.4 is 10.6 Å². The Kier molecular flexibility index (Phi) is 4.73. The number of carboxylic acid groups (broad SMARTS) is 1. The Labute approximate surface area is 95.6 Å². The number of piperidine rings is 1. The number of nitrogens with one attached hydrogen (secondary N) is 2. The minimum atomic E-state index is -0.973. The first kappa shape index (κ1) is 13.0. The van der Waals surface area contributed by atoms with Crippen LogP contribution in [-0.2, 0) is 9.59 Å². The average molecular weight is 228 g/mol. The summed E-state index contributed by atoms with van der Waals surface area (Å²) in [5.41, 5.74) is 0. The standard InChI is InChI=1S/C11H20N2O3/c1-7(2)9(11(15)16)13-10(14)8-5-3-4-6-12-8/h7-9,12H,3-6H2,1-2H3,(H,13,14)(H,15,16)/t8-,9-/m1/s1. The third-order valence-corrected chi connectivity index (χ3v) is 2.86. The largest absolute Gasteiger partial charge is 0.480 e. The van der Waals surface area contributed by atoms with E-state index in [0.717, 1.165) is 25.8 Å². The topological polar surface area (TPSA) is 78.4 Å². The number of carboxylic acids is 1. The Balaban J connectivity index is 2.50. The number of hydrogen-bond acceptors (Lipinski definition) is 3. The molecular weight excluding hydrogens is 208 g/mol. The fourth-order valence-corrected chi connectivity index (χ4v) is 1.84. The van der Waals surface area contributed by atoms with Gasteiger partial charge in [0.25, 0.3) is 0 Å². The van der Waals surface area contributed by atoms with Crippen LogP contribution in [-0.4, -0.2) is 35.6 Å². The van der Waals surface area contributed by atoms with Crippen molar-refractivity contribution in [2.45, 2.75) is 45.2 Å². The Hall–Kier alpha value is -1.10. The minimum Gasteiger partial charge on any atom is -0.480 e. The molecule has 0 bridgehead atoms. The fraction of sp³-hybridized carbons (Fsp3) is 0.818. The molecule has 0 unspecified atom stereocenters. The number of rotatable bonds is 4. The molecule has 1 heterocycles. The van der Waals surface area contributed by atoms with Crippen LogP contribution in [0.5, 0.6) is 0 Å². The molecule has 0 aromatic carbocycles. The molecule has 5 nitrogen and oxygen atoms in total. The summed E-state index contributed by atoms with van der Waals surface area (Å²) in [5.74, 6) is -1.27. The second-order valence-electron chi connectivity index (χ2n) is 4.57. The zero-order valence-corrected chi connectivity index (χ0v) is 9.82. The Bertz CT molecular complexity index is 260. The van der Waals surface area contributed by atoms with Crippen LogP contribution in [0.3, 0.4) is 0 Å². The molecule has 2 atom stereocenters. The van der Waals surface area contributed by atoms with Gasteiger partial charge in [0.15, 0.2) is 0 Å². The van der Waals surface area contributed by atoms with Gasteiger partial charge in [0.1, 0.15) is 6.04 Å². The smallest absolute Gasteiger partial charge is 0.326 e. The van der Waals surface area contributed by atoms with E-state index in [1.165, 1.54) is 0 Å². The normalized spacial score (nSPS) is 22.8. The van der Waals surface area contributed by atoms with Crippen molar-refractivity contribution in [2.75, 3.05) is 6.54 Å². The Morgan fingerprint density at radius 3 is 2.50 bits per heavy atom. The molecule has 1 saturated heterocycles. The SMILES string of the molecule is CC(C)[C@@H](NC(=O)[C@H]1CCCCN1)C(=O)O. The van der Waals surface area contributed by atoms with Gasteiger partial charge in [-0.3, -0.25) is 4.79 Å². The van der Waals surface area contributed by atoms with Gasteiger partial charge in [-0.1, -0.05) is 20.3 Å². The van der Waals surface area contributed by atoms with Gasteiger partial charge in [0.05, 0.1) is 6.04 Å². The van der Waals surface area contributed by atoms with Crippen molar-refractivity contribution in [3.63, 3.8) is 0 Å². The summed E-state index contributed by atoms with van der Waals surface area (Å²) in [6.45, 7) is 4.40. The van der Waals surface area contributed by atoms with Crippen LogP contribution >= 0.6 is 0 Å². The van der Waals surface area contributed by atoms with E-state index >= 15 is 0 Å². The van der Waals surface area contributed by atoms with E-state index in [1.54, 1.807) is 13.8 Å². The highest BCUT2D eigenvalue weighted by atomic mass is 16.4. The van der Waals surface area contributed by atoms with E-state index in [2.05, 4.69) is 10.6 Å².